The molecular weight excluding hydrogens is 445 g/mol. The van der Waals surface area contributed by atoms with Crippen molar-refractivity contribution >= 4 is 57.8 Å². The zero-order chi connectivity index (χ0) is 22.2. The van der Waals surface area contributed by atoms with Crippen molar-refractivity contribution in [1.82, 2.24) is 9.88 Å². The Morgan fingerprint density at radius 3 is 2.38 bits per heavy atom. The molecule has 0 atom stereocenters. The summed E-state index contributed by atoms with van der Waals surface area (Å²) in [5.41, 5.74) is 3.50. The topological polar surface area (TPSA) is 54.3 Å². The van der Waals surface area contributed by atoms with Gasteiger partial charge in [-0.15, -0.1) is 0 Å². The van der Waals surface area contributed by atoms with E-state index in [2.05, 4.69) is 9.88 Å². The molecule has 0 unspecified atom stereocenters. The van der Waals surface area contributed by atoms with Gasteiger partial charge in [-0.25, -0.2) is 9.69 Å². The number of anilines is 1. The average molecular weight is 462 g/mol. The summed E-state index contributed by atoms with van der Waals surface area (Å²) in [7, 11) is 0. The lowest BCUT2D eigenvalue weighted by Gasteiger charge is -2.11. The van der Waals surface area contributed by atoms with E-state index >= 15 is 0 Å². The lowest BCUT2D eigenvalue weighted by molar-refractivity contribution is -0.113. The molecule has 3 aromatic carbocycles. The summed E-state index contributed by atoms with van der Waals surface area (Å²) in [4.78, 5) is 26.6. The molecule has 1 aromatic heterocycles. The van der Waals surface area contributed by atoms with Crippen LogP contribution < -0.4 is 10.2 Å². The molecule has 0 radical (unpaired) electrons. The molecule has 1 aliphatic rings. The first-order chi connectivity index (χ1) is 15.5. The highest BCUT2D eigenvalue weighted by atomic mass is 35.5. The van der Waals surface area contributed by atoms with Crippen molar-refractivity contribution in [1.29, 1.82) is 0 Å². The van der Waals surface area contributed by atoms with Gasteiger partial charge in [0.2, 0.25) is 0 Å². The van der Waals surface area contributed by atoms with Crippen LogP contribution in [-0.2, 0) is 11.3 Å². The number of imide groups is 1. The van der Waals surface area contributed by atoms with Gasteiger partial charge in [0.25, 0.3) is 5.91 Å². The molecule has 4 aromatic rings. The quantitative estimate of drug-likeness (QED) is 0.295. The van der Waals surface area contributed by atoms with Crippen LogP contribution in [0.3, 0.4) is 0 Å². The van der Waals surface area contributed by atoms with Crippen molar-refractivity contribution in [3.05, 3.63) is 106 Å². The number of carbonyl (C=O) groups excluding carboxylic acids is 2. The molecule has 7 heteroatoms. The molecule has 0 saturated carbocycles. The number of nitrogens with one attached hydrogen (secondary N) is 1. The number of nitrogens with zero attached hydrogens (tertiary/aromatic N) is 2. The SMILES string of the molecule is O=C1N/C(=C/c2cn(Cc3ccccc3Cl)c3ccccc23)C(=O)N1c1ccc(Cl)cc1. The number of amides is 3. The van der Waals surface area contributed by atoms with E-state index in [1.807, 2.05) is 54.7 Å². The first-order valence-corrected chi connectivity index (χ1v) is 10.7. The van der Waals surface area contributed by atoms with Gasteiger partial charge in [-0.2, -0.15) is 0 Å². The van der Waals surface area contributed by atoms with Crippen LogP contribution >= 0.6 is 23.2 Å². The number of carbonyl (C=O) groups is 2. The first-order valence-electron chi connectivity index (χ1n) is 9.95. The van der Waals surface area contributed by atoms with E-state index < -0.39 is 11.9 Å². The highest BCUT2D eigenvalue weighted by molar-refractivity contribution is 6.31. The zero-order valence-electron chi connectivity index (χ0n) is 16.8. The maximum Gasteiger partial charge on any atom is 0.333 e. The minimum Gasteiger partial charge on any atom is -0.342 e. The normalized spacial score (nSPS) is 15.1. The average Bonchev–Trinajstić information content (AvgIpc) is 3.27. The molecule has 5 nitrogen and oxygen atoms in total. The number of hydrogen-bond donors (Lipinski definition) is 1. The Morgan fingerprint density at radius 2 is 1.59 bits per heavy atom. The van der Waals surface area contributed by atoms with Gasteiger partial charge in [0.15, 0.2) is 0 Å². The lowest BCUT2D eigenvalue weighted by atomic mass is 10.1. The van der Waals surface area contributed by atoms with Gasteiger partial charge in [0.1, 0.15) is 5.70 Å². The van der Waals surface area contributed by atoms with Crippen LogP contribution in [0.15, 0.2) is 84.7 Å². The van der Waals surface area contributed by atoms with Gasteiger partial charge in [-0.05, 0) is 48.0 Å². The highest BCUT2D eigenvalue weighted by Crippen LogP contribution is 2.28. The molecule has 0 aliphatic carbocycles. The lowest BCUT2D eigenvalue weighted by Crippen LogP contribution is -2.30. The number of halogens is 2. The zero-order valence-corrected chi connectivity index (χ0v) is 18.3. The number of fused-ring (bicyclic) bond motifs is 1. The van der Waals surface area contributed by atoms with Gasteiger partial charge in [-0.3, -0.25) is 4.79 Å². The van der Waals surface area contributed by atoms with Gasteiger partial charge in [-0.1, -0.05) is 59.6 Å². The van der Waals surface area contributed by atoms with E-state index in [9.17, 15) is 9.59 Å². The van der Waals surface area contributed by atoms with Crippen molar-refractivity contribution in [2.24, 2.45) is 0 Å². The monoisotopic (exact) mass is 461 g/mol. The molecule has 32 heavy (non-hydrogen) atoms. The number of aromatic nitrogens is 1. The van der Waals surface area contributed by atoms with Crippen LogP contribution in [0, 0.1) is 0 Å². The summed E-state index contributed by atoms with van der Waals surface area (Å²) in [5, 5.41) is 4.88. The highest BCUT2D eigenvalue weighted by Gasteiger charge is 2.35. The van der Waals surface area contributed by atoms with Gasteiger partial charge in [0.05, 0.1) is 5.69 Å². The fourth-order valence-electron chi connectivity index (χ4n) is 3.85. The van der Waals surface area contributed by atoms with E-state index in [1.54, 1.807) is 30.3 Å². The second kappa shape index (κ2) is 8.19. The molecule has 1 fully saturated rings. The fourth-order valence-corrected chi connectivity index (χ4v) is 4.17. The van der Waals surface area contributed by atoms with Crippen LogP contribution in [0.2, 0.25) is 10.0 Å². The van der Waals surface area contributed by atoms with E-state index in [1.165, 1.54) is 0 Å². The third-order valence-electron chi connectivity index (χ3n) is 5.38. The fraction of sp³-hybridized carbons (Fsp3) is 0.0400. The summed E-state index contributed by atoms with van der Waals surface area (Å²) >= 11 is 12.3. The van der Waals surface area contributed by atoms with Gasteiger partial charge < -0.3 is 9.88 Å². The summed E-state index contributed by atoms with van der Waals surface area (Å²) in [5.74, 6) is -0.416. The molecule has 3 amide bonds. The smallest absolute Gasteiger partial charge is 0.333 e. The third kappa shape index (κ3) is 3.66. The largest absolute Gasteiger partial charge is 0.342 e. The minimum absolute atomic E-state index is 0.214. The summed E-state index contributed by atoms with van der Waals surface area (Å²) in [6.07, 6.45) is 3.67. The number of rotatable bonds is 4. The summed E-state index contributed by atoms with van der Waals surface area (Å²) < 4.78 is 2.08. The van der Waals surface area contributed by atoms with Crippen LogP contribution in [0.5, 0.6) is 0 Å². The predicted molar refractivity (Wildman–Crippen MR) is 128 cm³/mol. The Morgan fingerprint density at radius 1 is 0.875 bits per heavy atom. The van der Waals surface area contributed by atoms with Crippen molar-refractivity contribution in [3.63, 3.8) is 0 Å². The Bertz CT molecular complexity index is 1390. The first kappa shape index (κ1) is 20.4. The molecule has 1 N–H and O–H groups in total. The van der Waals surface area contributed by atoms with Crippen LogP contribution in [0.1, 0.15) is 11.1 Å². The van der Waals surface area contributed by atoms with Crippen LogP contribution in [-0.4, -0.2) is 16.5 Å². The Kier molecular flexibility index (Phi) is 5.21. The Hall–Kier alpha value is -3.54. The maximum atomic E-state index is 13.0. The second-order valence-electron chi connectivity index (χ2n) is 7.43. The molecule has 5 rings (SSSR count). The number of urea groups is 1. The minimum atomic E-state index is -0.497. The molecule has 158 valence electrons. The Labute approximate surface area is 194 Å². The number of para-hydroxylation sites is 1. The van der Waals surface area contributed by atoms with Crippen LogP contribution in [0.25, 0.3) is 17.0 Å². The van der Waals surface area contributed by atoms with Crippen LogP contribution in [0.4, 0.5) is 10.5 Å². The maximum absolute atomic E-state index is 13.0. The van der Waals surface area contributed by atoms with E-state index in [0.717, 1.165) is 26.9 Å². The van der Waals surface area contributed by atoms with E-state index in [0.29, 0.717) is 22.3 Å². The second-order valence-corrected chi connectivity index (χ2v) is 8.27. The summed E-state index contributed by atoms with van der Waals surface area (Å²) in [6.45, 7) is 0.584. The van der Waals surface area contributed by atoms with Gasteiger partial charge >= 0.3 is 6.03 Å². The van der Waals surface area contributed by atoms with Crippen molar-refractivity contribution in [2.45, 2.75) is 6.54 Å². The third-order valence-corrected chi connectivity index (χ3v) is 6.00. The van der Waals surface area contributed by atoms with Crippen molar-refractivity contribution < 1.29 is 9.59 Å². The molecule has 0 spiro atoms. The molecule has 0 bridgehead atoms. The van der Waals surface area contributed by atoms with Crippen molar-refractivity contribution in [2.75, 3.05) is 4.90 Å². The van der Waals surface area contributed by atoms with Gasteiger partial charge in [0, 0.05) is 39.3 Å². The molecule has 1 aliphatic heterocycles. The number of benzene rings is 3. The number of hydrogen-bond acceptors (Lipinski definition) is 2. The summed E-state index contributed by atoms with van der Waals surface area (Å²) in [6, 6.07) is 21.7. The van der Waals surface area contributed by atoms with E-state index in [-0.39, 0.29) is 5.70 Å². The van der Waals surface area contributed by atoms with Crippen molar-refractivity contribution in [3.8, 4) is 0 Å². The van der Waals surface area contributed by atoms with E-state index in [4.69, 9.17) is 23.2 Å². The Balaban J connectivity index is 1.53. The standard InChI is InChI=1S/C25H17Cl2N3O2/c26-18-9-11-19(12-10-18)30-24(31)22(28-25(30)32)13-17-15-29(23-8-4-2-6-20(17)23)14-16-5-1-3-7-21(16)27/h1-13,15H,14H2,(H,28,32)/b22-13+. The predicted octanol–water partition coefficient (Wildman–Crippen LogP) is 6.09. The molecule has 2 heterocycles. The molecular formula is C25H17Cl2N3O2. The molecule has 1 saturated heterocycles.